The number of rotatable bonds is 6. The van der Waals surface area contributed by atoms with Crippen LogP contribution in [-0.4, -0.2) is 74.6 Å². The number of nitrogens with zero attached hydrogens (tertiary/aromatic N) is 6. The normalized spacial score (nSPS) is 17.4. The molecule has 0 aliphatic carbocycles. The number of carbonyl (C=O) groups excluding carboxylic acids is 1. The van der Waals surface area contributed by atoms with Gasteiger partial charge in [0.1, 0.15) is 12.7 Å². The van der Waals surface area contributed by atoms with Gasteiger partial charge >= 0.3 is 12.2 Å². The first-order valence-corrected chi connectivity index (χ1v) is 11.4. The van der Waals surface area contributed by atoms with E-state index >= 15 is 0 Å². The van der Waals surface area contributed by atoms with Crippen LogP contribution in [0.2, 0.25) is 0 Å². The number of amides is 2. The molecule has 1 fully saturated rings. The Bertz CT molecular complexity index is 1290. The molecule has 3 aromatic rings. The lowest BCUT2D eigenvalue weighted by atomic mass is 10.1. The Morgan fingerprint density at radius 3 is 2.73 bits per heavy atom. The predicted molar refractivity (Wildman–Crippen MR) is 125 cm³/mol. The highest BCUT2D eigenvalue weighted by molar-refractivity contribution is 6.03. The number of ether oxygens (including phenoxy) is 1. The minimum absolute atomic E-state index is 0.00538. The molecule has 4 heterocycles. The summed E-state index contributed by atoms with van der Waals surface area (Å²) in [5.74, 6) is 0.576. The summed E-state index contributed by atoms with van der Waals surface area (Å²) in [6.45, 7) is 0.635. The number of aliphatic hydroxyl groups excluding tert-OH is 2. The van der Waals surface area contributed by atoms with E-state index in [1.807, 2.05) is 4.90 Å². The number of hydrogen-bond acceptors (Lipinski definition) is 9. The first kappa shape index (κ1) is 24.6. The van der Waals surface area contributed by atoms with Crippen LogP contribution >= 0.6 is 0 Å². The van der Waals surface area contributed by atoms with Gasteiger partial charge in [0.15, 0.2) is 17.4 Å². The van der Waals surface area contributed by atoms with Gasteiger partial charge in [0.25, 0.3) is 0 Å². The van der Waals surface area contributed by atoms with Crippen molar-refractivity contribution < 1.29 is 32.9 Å². The molecule has 2 aliphatic rings. The van der Waals surface area contributed by atoms with Crippen molar-refractivity contribution in [2.75, 3.05) is 41.4 Å². The van der Waals surface area contributed by atoms with Gasteiger partial charge in [-0.2, -0.15) is 13.2 Å². The van der Waals surface area contributed by atoms with E-state index in [0.717, 1.165) is 12.1 Å². The summed E-state index contributed by atoms with van der Waals surface area (Å²) < 4.78 is 44.9. The van der Waals surface area contributed by atoms with E-state index in [2.05, 4.69) is 25.3 Å². The molecule has 11 nitrogen and oxygen atoms in total. The van der Waals surface area contributed by atoms with E-state index in [1.54, 1.807) is 0 Å². The molecule has 0 spiro atoms. The molecule has 2 aromatic heterocycles. The number of halogens is 3. The molecule has 3 N–H and O–H groups in total. The molecular weight excluding hydrogens is 495 g/mol. The maximum atomic E-state index is 13.3. The highest BCUT2D eigenvalue weighted by atomic mass is 19.4. The Morgan fingerprint density at radius 1 is 1.22 bits per heavy atom. The van der Waals surface area contributed by atoms with Crippen molar-refractivity contribution in [1.29, 1.82) is 0 Å². The van der Waals surface area contributed by atoms with Crippen molar-refractivity contribution in [3.8, 4) is 17.1 Å². The van der Waals surface area contributed by atoms with Crippen LogP contribution in [0.5, 0.6) is 5.75 Å². The molecule has 1 saturated heterocycles. The largest absolute Gasteiger partial charge is 0.488 e. The van der Waals surface area contributed by atoms with Crippen molar-refractivity contribution in [3.63, 3.8) is 0 Å². The Kier molecular flexibility index (Phi) is 6.52. The third kappa shape index (κ3) is 5.11. The molecule has 5 rings (SSSR count). The van der Waals surface area contributed by atoms with E-state index in [1.165, 1.54) is 35.6 Å². The minimum atomic E-state index is -4.51. The van der Waals surface area contributed by atoms with Crippen molar-refractivity contribution in [2.45, 2.75) is 24.7 Å². The molecule has 2 bridgehead atoms. The molecule has 2 atom stereocenters. The monoisotopic (exact) mass is 517 g/mol. The molecule has 2 aliphatic heterocycles. The maximum absolute atomic E-state index is 13.3. The number of aliphatic hydroxyl groups is 2. The lowest BCUT2D eigenvalue weighted by Crippen LogP contribution is -2.48. The summed E-state index contributed by atoms with van der Waals surface area (Å²) in [5.41, 5.74) is -0.0388. The number of anilines is 3. The lowest BCUT2D eigenvalue weighted by Gasteiger charge is -2.35. The van der Waals surface area contributed by atoms with Gasteiger partial charge < -0.3 is 19.8 Å². The summed E-state index contributed by atoms with van der Waals surface area (Å²) in [5, 5.41) is 20.8. The first-order chi connectivity index (χ1) is 17.7. The third-order valence-corrected chi connectivity index (χ3v) is 6.01. The van der Waals surface area contributed by atoms with Gasteiger partial charge in [-0.1, -0.05) is 12.1 Å². The smallest absolute Gasteiger partial charge is 0.416 e. The van der Waals surface area contributed by atoms with Gasteiger partial charge in [-0.15, -0.1) is 0 Å². The van der Waals surface area contributed by atoms with Gasteiger partial charge in [0.2, 0.25) is 5.95 Å². The molecule has 37 heavy (non-hydrogen) atoms. The highest BCUT2D eigenvalue weighted by Crippen LogP contribution is 2.40. The molecule has 0 radical (unpaired) electrons. The van der Waals surface area contributed by atoms with Gasteiger partial charge in [-0.25, -0.2) is 24.7 Å². The number of carbonyl (C=O) groups is 1. The topological polar surface area (TPSA) is 137 Å². The molecular formula is C23H22F3N7O4. The number of benzene rings is 1. The van der Waals surface area contributed by atoms with Crippen LogP contribution in [0.15, 0.2) is 42.9 Å². The fraction of sp³-hybridized carbons (Fsp3) is 0.348. The second-order valence-electron chi connectivity index (χ2n) is 8.56. The van der Waals surface area contributed by atoms with Crippen LogP contribution < -0.4 is 19.9 Å². The number of hydrogen-bond donors (Lipinski definition) is 3. The van der Waals surface area contributed by atoms with E-state index < -0.39 is 30.5 Å². The minimum Gasteiger partial charge on any atom is -0.488 e. The fourth-order valence-electron chi connectivity index (χ4n) is 4.20. The van der Waals surface area contributed by atoms with Crippen molar-refractivity contribution in [1.82, 2.24) is 19.9 Å². The summed E-state index contributed by atoms with van der Waals surface area (Å²) >= 11 is 0. The van der Waals surface area contributed by atoms with E-state index in [9.17, 15) is 23.1 Å². The third-order valence-electron chi connectivity index (χ3n) is 6.01. The summed E-state index contributed by atoms with van der Waals surface area (Å²) in [4.78, 5) is 33.7. The second-order valence-corrected chi connectivity index (χ2v) is 8.56. The molecule has 0 saturated carbocycles. The number of fused-ring (bicyclic) bond motifs is 4. The summed E-state index contributed by atoms with van der Waals surface area (Å²) in [7, 11) is 0. The van der Waals surface area contributed by atoms with Crippen LogP contribution in [0.4, 0.5) is 35.4 Å². The zero-order valence-corrected chi connectivity index (χ0v) is 19.3. The average Bonchev–Trinajstić information content (AvgIpc) is 3.31. The molecule has 14 heteroatoms. The van der Waals surface area contributed by atoms with Crippen LogP contribution in [0, 0.1) is 0 Å². The fourth-order valence-corrected chi connectivity index (χ4v) is 4.20. The van der Waals surface area contributed by atoms with Crippen LogP contribution in [0.1, 0.15) is 12.0 Å². The molecule has 2 amide bonds. The number of aromatic nitrogens is 4. The number of alkyl halides is 3. The Hall–Kier alpha value is -4.04. The highest BCUT2D eigenvalue weighted by Gasteiger charge is 2.41. The SMILES string of the molecule is O=C(Nc1ncc(OCC(O)CO)cn1)N1c2nc(-c3cccc(C(F)(F)F)c3)ncc2N2CC[C@H]1C2. The maximum Gasteiger partial charge on any atom is 0.416 e. The summed E-state index contributed by atoms with van der Waals surface area (Å²) in [6, 6.07) is 3.95. The molecule has 194 valence electrons. The summed E-state index contributed by atoms with van der Waals surface area (Å²) in [6.07, 6.45) is -0.760. The standard InChI is InChI=1S/C23H22F3N7O4/c24-23(25,26)14-3-1-2-13(6-14)19-27-9-18-20(30-19)33(15-4-5-32(18)10-15)22(36)31-21-28-7-17(8-29-21)37-12-16(35)11-34/h1-3,6-9,15-16,34-35H,4-5,10-12H2,(H,28,29,31,36)/t15-,16?/m0/s1. The Balaban J connectivity index is 1.39. The first-order valence-electron chi connectivity index (χ1n) is 11.4. The van der Waals surface area contributed by atoms with E-state index in [0.29, 0.717) is 25.2 Å². The molecule has 1 aromatic carbocycles. The quantitative estimate of drug-likeness (QED) is 0.450. The Morgan fingerprint density at radius 2 is 2.00 bits per heavy atom. The number of urea groups is 1. The van der Waals surface area contributed by atoms with E-state index in [4.69, 9.17) is 9.84 Å². The lowest BCUT2D eigenvalue weighted by molar-refractivity contribution is -0.137. The van der Waals surface area contributed by atoms with Crippen LogP contribution in [-0.2, 0) is 6.18 Å². The van der Waals surface area contributed by atoms with Gasteiger partial charge in [0.05, 0.1) is 42.5 Å². The van der Waals surface area contributed by atoms with Crippen molar-refractivity contribution in [3.05, 3.63) is 48.4 Å². The molecule has 1 unspecified atom stereocenters. The number of nitrogens with one attached hydrogen (secondary N) is 1. The average molecular weight is 517 g/mol. The van der Waals surface area contributed by atoms with Gasteiger partial charge in [-0.05, 0) is 18.6 Å². The zero-order valence-electron chi connectivity index (χ0n) is 19.3. The van der Waals surface area contributed by atoms with Crippen molar-refractivity contribution >= 4 is 23.5 Å². The predicted octanol–water partition coefficient (Wildman–Crippen LogP) is 2.32. The second kappa shape index (κ2) is 9.78. The zero-order chi connectivity index (χ0) is 26.2. The van der Waals surface area contributed by atoms with Crippen LogP contribution in [0.25, 0.3) is 11.4 Å². The Labute approximate surface area is 208 Å². The van der Waals surface area contributed by atoms with Crippen molar-refractivity contribution in [2.24, 2.45) is 0 Å². The van der Waals surface area contributed by atoms with Crippen LogP contribution in [0.3, 0.4) is 0 Å². The van der Waals surface area contributed by atoms with Gasteiger partial charge in [0, 0.05) is 18.7 Å². The van der Waals surface area contributed by atoms with Gasteiger partial charge in [-0.3, -0.25) is 10.2 Å². The van der Waals surface area contributed by atoms with E-state index in [-0.39, 0.29) is 41.6 Å².